The predicted octanol–water partition coefficient (Wildman–Crippen LogP) is 0.129. The van der Waals surface area contributed by atoms with E-state index in [4.69, 9.17) is 4.74 Å². The molecule has 2 amide bonds. The smallest absolute Gasteiger partial charge is 0.278 e. The van der Waals surface area contributed by atoms with Gasteiger partial charge in [0.1, 0.15) is 5.75 Å². The Morgan fingerprint density at radius 3 is 2.29 bits per heavy atom. The number of carbonyl (C=O) groups is 2. The number of hydrogen-bond donors (Lipinski definition) is 3. The molecule has 0 saturated heterocycles. The molecule has 134 valence electrons. The van der Waals surface area contributed by atoms with Crippen LogP contribution in [0.5, 0.6) is 5.75 Å². The van der Waals surface area contributed by atoms with Crippen LogP contribution in [-0.2, 0) is 16.1 Å². The Kier molecular flexibility index (Phi) is 7.22. The Morgan fingerprint density at radius 2 is 1.79 bits per heavy atom. The van der Waals surface area contributed by atoms with E-state index in [1.807, 2.05) is 59.0 Å². The van der Waals surface area contributed by atoms with Crippen molar-refractivity contribution in [3.05, 3.63) is 29.8 Å². The number of ether oxygens (including phenoxy) is 1. The second-order valence-corrected chi connectivity index (χ2v) is 7.11. The lowest BCUT2D eigenvalue weighted by Gasteiger charge is -2.24. The Bertz CT molecular complexity index is 550. The van der Waals surface area contributed by atoms with Crippen LogP contribution in [0.3, 0.4) is 0 Å². The van der Waals surface area contributed by atoms with Gasteiger partial charge in [-0.2, -0.15) is 0 Å². The summed E-state index contributed by atoms with van der Waals surface area (Å²) in [6.07, 6.45) is 0. The fourth-order valence-corrected chi connectivity index (χ4v) is 2.18. The molecule has 24 heavy (non-hydrogen) atoms. The first-order valence-electron chi connectivity index (χ1n) is 8.16. The van der Waals surface area contributed by atoms with Gasteiger partial charge in [0, 0.05) is 12.1 Å². The third-order valence-corrected chi connectivity index (χ3v) is 3.71. The van der Waals surface area contributed by atoms with Crippen LogP contribution in [-0.4, -0.2) is 44.1 Å². The molecule has 1 rings (SSSR count). The van der Waals surface area contributed by atoms with Gasteiger partial charge in [-0.3, -0.25) is 9.59 Å². The number of nitrogens with one attached hydrogen (secondary N) is 3. The van der Waals surface area contributed by atoms with Crippen LogP contribution in [0, 0.1) is 0 Å². The zero-order chi connectivity index (χ0) is 18.3. The van der Waals surface area contributed by atoms with E-state index in [2.05, 4.69) is 10.6 Å². The van der Waals surface area contributed by atoms with E-state index in [-0.39, 0.29) is 29.9 Å². The Balaban J connectivity index is 2.46. The van der Waals surface area contributed by atoms with Gasteiger partial charge in [-0.25, -0.2) is 0 Å². The average Bonchev–Trinajstić information content (AvgIpc) is 2.50. The molecule has 0 heterocycles. The first kappa shape index (κ1) is 20.0. The van der Waals surface area contributed by atoms with Gasteiger partial charge in [0.25, 0.3) is 11.8 Å². The summed E-state index contributed by atoms with van der Waals surface area (Å²) < 4.78 is 5.11. The number of likely N-dealkylation sites (N-methyl/N-ethyl adjacent to an activating group) is 1. The Labute approximate surface area is 144 Å². The summed E-state index contributed by atoms with van der Waals surface area (Å²) >= 11 is 0. The largest absolute Gasteiger partial charge is 0.497 e. The highest BCUT2D eigenvalue weighted by Gasteiger charge is 2.25. The van der Waals surface area contributed by atoms with E-state index in [0.717, 1.165) is 16.2 Å². The fraction of sp³-hybridized carbons (Fsp3) is 0.556. The average molecular weight is 336 g/mol. The number of rotatable bonds is 7. The molecule has 0 aromatic heterocycles. The highest BCUT2D eigenvalue weighted by atomic mass is 16.5. The maximum absolute atomic E-state index is 12.3. The molecule has 1 aromatic carbocycles. The number of hydrogen-bond acceptors (Lipinski definition) is 3. The molecule has 0 aliphatic heterocycles. The zero-order valence-electron chi connectivity index (χ0n) is 15.5. The van der Waals surface area contributed by atoms with Crippen LogP contribution in [0.25, 0.3) is 0 Å². The van der Waals surface area contributed by atoms with E-state index < -0.39 is 0 Å². The number of carbonyl (C=O) groups excluding carboxylic acids is 2. The lowest BCUT2D eigenvalue weighted by Crippen LogP contribution is -3.15. The van der Waals surface area contributed by atoms with Crippen molar-refractivity contribution in [2.24, 2.45) is 0 Å². The maximum Gasteiger partial charge on any atom is 0.278 e. The summed E-state index contributed by atoms with van der Waals surface area (Å²) in [5.41, 5.74) is 0.733. The van der Waals surface area contributed by atoms with E-state index in [0.29, 0.717) is 6.54 Å². The van der Waals surface area contributed by atoms with Crippen molar-refractivity contribution < 1.29 is 19.2 Å². The van der Waals surface area contributed by atoms with Gasteiger partial charge in [-0.1, -0.05) is 12.1 Å². The first-order valence-corrected chi connectivity index (χ1v) is 8.16. The van der Waals surface area contributed by atoms with Crippen LogP contribution in [0.1, 0.15) is 33.3 Å². The van der Waals surface area contributed by atoms with Crippen molar-refractivity contribution >= 4 is 11.8 Å². The van der Waals surface area contributed by atoms with E-state index in [1.54, 1.807) is 7.11 Å². The standard InChI is InChI=1S/C18H29N3O3/c1-13(21(5)12-16(22)20-18(2,3)4)17(23)19-11-14-7-9-15(24-6)10-8-14/h7-10,13H,11-12H2,1-6H3,(H,19,23)(H,20,22)/p+1/t13-/m1/s1. The monoisotopic (exact) mass is 336 g/mol. The minimum absolute atomic E-state index is 0.0604. The normalized spacial score (nSPS) is 13.8. The molecule has 3 N–H and O–H groups in total. The molecule has 0 radical (unpaired) electrons. The molecule has 1 aromatic rings. The highest BCUT2D eigenvalue weighted by Crippen LogP contribution is 2.10. The fourth-order valence-electron chi connectivity index (χ4n) is 2.18. The third-order valence-electron chi connectivity index (χ3n) is 3.71. The number of amides is 2. The molecular formula is C18H30N3O3+. The molecule has 0 spiro atoms. The molecule has 0 aliphatic carbocycles. The Hall–Kier alpha value is -2.08. The van der Waals surface area contributed by atoms with Gasteiger partial charge in [0.2, 0.25) is 0 Å². The molecule has 0 aliphatic rings. The van der Waals surface area contributed by atoms with Crippen molar-refractivity contribution in [1.82, 2.24) is 10.6 Å². The van der Waals surface area contributed by atoms with Crippen LogP contribution >= 0.6 is 0 Å². The molecule has 0 saturated carbocycles. The molecular weight excluding hydrogens is 306 g/mol. The quantitative estimate of drug-likeness (QED) is 0.663. The predicted molar refractivity (Wildman–Crippen MR) is 94.0 cm³/mol. The molecule has 0 fully saturated rings. The molecule has 1 unspecified atom stereocenters. The number of methoxy groups -OCH3 is 1. The molecule has 0 bridgehead atoms. The van der Waals surface area contributed by atoms with Crippen molar-refractivity contribution in [2.45, 2.75) is 45.8 Å². The van der Waals surface area contributed by atoms with Gasteiger partial charge in [-0.05, 0) is 45.4 Å². The number of quaternary nitrogens is 1. The first-order chi connectivity index (χ1) is 11.1. The topological polar surface area (TPSA) is 71.9 Å². The van der Waals surface area contributed by atoms with Gasteiger partial charge in [0.15, 0.2) is 12.6 Å². The second-order valence-electron chi connectivity index (χ2n) is 7.11. The lowest BCUT2D eigenvalue weighted by atomic mass is 10.1. The number of benzene rings is 1. The van der Waals surface area contributed by atoms with E-state index in [9.17, 15) is 9.59 Å². The highest BCUT2D eigenvalue weighted by molar-refractivity contribution is 5.81. The summed E-state index contributed by atoms with van der Waals surface area (Å²) in [6, 6.07) is 7.24. The van der Waals surface area contributed by atoms with E-state index in [1.165, 1.54) is 0 Å². The summed E-state index contributed by atoms with van der Waals surface area (Å²) in [7, 11) is 3.47. The van der Waals surface area contributed by atoms with Crippen molar-refractivity contribution in [3.8, 4) is 5.75 Å². The summed E-state index contributed by atoms with van der Waals surface area (Å²) in [4.78, 5) is 25.1. The maximum atomic E-state index is 12.3. The van der Waals surface area contributed by atoms with Crippen molar-refractivity contribution in [2.75, 3.05) is 20.7 Å². The van der Waals surface area contributed by atoms with Gasteiger partial charge < -0.3 is 20.3 Å². The van der Waals surface area contributed by atoms with Crippen molar-refractivity contribution in [1.29, 1.82) is 0 Å². The van der Waals surface area contributed by atoms with Crippen LogP contribution in [0.2, 0.25) is 0 Å². The SMILES string of the molecule is COc1ccc(CNC(=O)[C@@H](C)[NH+](C)CC(=O)NC(C)(C)C)cc1. The van der Waals surface area contributed by atoms with Gasteiger partial charge >= 0.3 is 0 Å². The zero-order valence-corrected chi connectivity index (χ0v) is 15.5. The van der Waals surface area contributed by atoms with Crippen LogP contribution in [0.15, 0.2) is 24.3 Å². The van der Waals surface area contributed by atoms with Gasteiger partial charge in [-0.15, -0.1) is 0 Å². The summed E-state index contributed by atoms with van der Waals surface area (Å²) in [5, 5.41) is 5.82. The van der Waals surface area contributed by atoms with Crippen LogP contribution < -0.4 is 20.3 Å². The molecule has 6 nitrogen and oxygen atoms in total. The second kappa shape index (κ2) is 8.68. The van der Waals surface area contributed by atoms with Crippen LogP contribution in [0.4, 0.5) is 0 Å². The van der Waals surface area contributed by atoms with Gasteiger partial charge in [0.05, 0.1) is 14.2 Å². The summed E-state index contributed by atoms with van der Waals surface area (Å²) in [5.74, 6) is 0.647. The molecule has 6 heteroatoms. The lowest BCUT2D eigenvalue weighted by molar-refractivity contribution is -0.886. The Morgan fingerprint density at radius 1 is 1.21 bits per heavy atom. The minimum atomic E-state index is -0.311. The third kappa shape index (κ3) is 7.00. The van der Waals surface area contributed by atoms with Crippen molar-refractivity contribution in [3.63, 3.8) is 0 Å². The molecule has 2 atom stereocenters. The summed E-state index contributed by atoms with van der Waals surface area (Å²) in [6.45, 7) is 8.34. The minimum Gasteiger partial charge on any atom is -0.497 e. The van der Waals surface area contributed by atoms with E-state index >= 15 is 0 Å².